The van der Waals surface area contributed by atoms with Crippen molar-refractivity contribution < 1.29 is 29.3 Å². The quantitative estimate of drug-likeness (QED) is 0.537. The Morgan fingerprint density at radius 1 is 0.920 bits per heavy atom. The van der Waals surface area contributed by atoms with Crippen molar-refractivity contribution in [1.29, 1.82) is 0 Å². The summed E-state index contributed by atoms with van der Waals surface area (Å²) in [7, 11) is 0. The normalized spacial score (nSPS) is 21.5. The van der Waals surface area contributed by atoms with Gasteiger partial charge in [-0.25, -0.2) is 4.79 Å². The molecule has 0 bridgehead atoms. The summed E-state index contributed by atoms with van der Waals surface area (Å²) in [5.41, 5.74) is -0.181. The van der Waals surface area contributed by atoms with E-state index in [1.165, 1.54) is 0 Å². The Balaban J connectivity index is 2.04. The minimum absolute atomic E-state index is 0.0797. The molecule has 2 N–H and O–H groups in total. The summed E-state index contributed by atoms with van der Waals surface area (Å²) in [6.45, 7) is 0. The van der Waals surface area contributed by atoms with Gasteiger partial charge in [-0.3, -0.25) is 9.59 Å². The minimum Gasteiger partial charge on any atom is -0.481 e. The predicted molar refractivity (Wildman–Crippen MR) is 91.0 cm³/mol. The standard InChI is InChI=1S/C19H28O6/c20-17(25-14-9-5-2-6-10-14)12-16(19(23)24)15(18(21)22)11-13-7-3-1-4-8-13/h11,13-14,16H,1-10,12H2,(H,21,22)(H,23,24). The Morgan fingerprint density at radius 2 is 1.48 bits per heavy atom. The van der Waals surface area contributed by atoms with E-state index in [9.17, 15) is 24.6 Å². The number of rotatable bonds is 7. The molecule has 0 saturated heterocycles. The Kier molecular flexibility index (Phi) is 7.47. The van der Waals surface area contributed by atoms with Crippen molar-refractivity contribution in [1.82, 2.24) is 0 Å². The molecule has 2 fully saturated rings. The lowest BCUT2D eigenvalue weighted by atomic mass is 9.85. The highest BCUT2D eigenvalue weighted by Gasteiger charge is 2.32. The zero-order valence-corrected chi connectivity index (χ0v) is 14.6. The summed E-state index contributed by atoms with van der Waals surface area (Å²) in [5.74, 6) is -4.44. The molecule has 0 spiro atoms. The van der Waals surface area contributed by atoms with Crippen molar-refractivity contribution in [2.45, 2.75) is 76.7 Å². The van der Waals surface area contributed by atoms with Gasteiger partial charge in [-0.1, -0.05) is 31.8 Å². The van der Waals surface area contributed by atoms with E-state index in [2.05, 4.69) is 0 Å². The number of allylic oxidation sites excluding steroid dienone is 1. The van der Waals surface area contributed by atoms with Crippen molar-refractivity contribution in [2.24, 2.45) is 11.8 Å². The fourth-order valence-corrected chi connectivity index (χ4v) is 3.81. The van der Waals surface area contributed by atoms with Crippen LogP contribution in [0.15, 0.2) is 11.6 Å². The highest BCUT2D eigenvalue weighted by atomic mass is 16.5. The number of carbonyl (C=O) groups excluding carboxylic acids is 1. The molecule has 0 heterocycles. The molecule has 140 valence electrons. The van der Waals surface area contributed by atoms with E-state index in [1.54, 1.807) is 6.08 Å². The molecule has 0 amide bonds. The zero-order chi connectivity index (χ0) is 18.2. The van der Waals surface area contributed by atoms with E-state index in [4.69, 9.17) is 4.74 Å². The maximum absolute atomic E-state index is 12.1. The summed E-state index contributed by atoms with van der Waals surface area (Å²) >= 11 is 0. The highest BCUT2D eigenvalue weighted by molar-refractivity contribution is 5.95. The average molecular weight is 352 g/mol. The summed E-state index contributed by atoms with van der Waals surface area (Å²) in [6.07, 6.45) is 10.6. The molecule has 1 atom stereocenters. The molecule has 0 aromatic rings. The van der Waals surface area contributed by atoms with Crippen LogP contribution < -0.4 is 0 Å². The monoisotopic (exact) mass is 352 g/mol. The Labute approximate surface area is 148 Å². The number of carbonyl (C=O) groups is 3. The van der Waals surface area contributed by atoms with E-state index in [0.717, 1.165) is 64.2 Å². The first kappa shape index (κ1) is 19.5. The molecule has 0 aromatic heterocycles. The third kappa shape index (κ3) is 6.18. The van der Waals surface area contributed by atoms with Crippen molar-refractivity contribution in [2.75, 3.05) is 0 Å². The molecule has 6 heteroatoms. The van der Waals surface area contributed by atoms with E-state index >= 15 is 0 Å². The fraction of sp³-hybridized carbons (Fsp3) is 0.737. The summed E-state index contributed by atoms with van der Waals surface area (Å²) in [6, 6.07) is 0. The van der Waals surface area contributed by atoms with Gasteiger partial charge in [0.1, 0.15) is 6.10 Å². The largest absolute Gasteiger partial charge is 0.481 e. The molecule has 6 nitrogen and oxygen atoms in total. The van der Waals surface area contributed by atoms with Crippen LogP contribution >= 0.6 is 0 Å². The second kappa shape index (κ2) is 9.59. The van der Waals surface area contributed by atoms with Crippen LogP contribution in [0.25, 0.3) is 0 Å². The smallest absolute Gasteiger partial charge is 0.332 e. The first-order chi connectivity index (χ1) is 12.0. The summed E-state index contributed by atoms with van der Waals surface area (Å²) in [4.78, 5) is 35.3. The van der Waals surface area contributed by atoms with Crippen molar-refractivity contribution in [3.8, 4) is 0 Å². The molecule has 0 radical (unpaired) electrons. The van der Waals surface area contributed by atoms with Gasteiger partial charge < -0.3 is 14.9 Å². The van der Waals surface area contributed by atoms with Crippen LogP contribution in [0.3, 0.4) is 0 Å². The van der Waals surface area contributed by atoms with Gasteiger partial charge in [-0.15, -0.1) is 0 Å². The number of hydrogen-bond donors (Lipinski definition) is 2. The van der Waals surface area contributed by atoms with Crippen LogP contribution in [0.1, 0.15) is 70.6 Å². The molecule has 0 aliphatic heterocycles. The van der Waals surface area contributed by atoms with Gasteiger partial charge in [-0.2, -0.15) is 0 Å². The van der Waals surface area contributed by atoms with Gasteiger partial charge in [0.05, 0.1) is 12.3 Å². The lowest BCUT2D eigenvalue weighted by Crippen LogP contribution is -2.28. The Morgan fingerprint density at radius 3 is 2.00 bits per heavy atom. The number of esters is 1. The third-order valence-electron chi connectivity index (χ3n) is 5.21. The first-order valence-electron chi connectivity index (χ1n) is 9.34. The molecule has 2 aliphatic rings. The average Bonchev–Trinajstić information content (AvgIpc) is 2.59. The van der Waals surface area contributed by atoms with E-state index in [-0.39, 0.29) is 17.6 Å². The van der Waals surface area contributed by atoms with E-state index < -0.39 is 30.2 Å². The van der Waals surface area contributed by atoms with Crippen molar-refractivity contribution in [3.05, 3.63) is 11.6 Å². The Bertz CT molecular complexity index is 512. The summed E-state index contributed by atoms with van der Waals surface area (Å²) in [5, 5.41) is 18.9. The number of hydrogen-bond acceptors (Lipinski definition) is 4. The molecule has 1 unspecified atom stereocenters. The van der Waals surface area contributed by atoms with Crippen LogP contribution in [0, 0.1) is 11.8 Å². The van der Waals surface area contributed by atoms with E-state index in [1.807, 2.05) is 0 Å². The molecule has 2 aliphatic carbocycles. The van der Waals surface area contributed by atoms with Gasteiger partial charge in [0.15, 0.2) is 0 Å². The van der Waals surface area contributed by atoms with Crippen molar-refractivity contribution >= 4 is 17.9 Å². The highest BCUT2D eigenvalue weighted by Crippen LogP contribution is 2.29. The number of ether oxygens (including phenoxy) is 1. The van der Waals surface area contributed by atoms with Gasteiger partial charge >= 0.3 is 17.9 Å². The van der Waals surface area contributed by atoms with Gasteiger partial charge in [0, 0.05) is 5.57 Å². The first-order valence-corrected chi connectivity index (χ1v) is 9.34. The minimum atomic E-state index is -1.35. The second-order valence-corrected chi connectivity index (χ2v) is 7.17. The van der Waals surface area contributed by atoms with E-state index in [0.29, 0.717) is 0 Å². The fourth-order valence-electron chi connectivity index (χ4n) is 3.81. The Hall–Kier alpha value is -1.85. The van der Waals surface area contributed by atoms with Crippen molar-refractivity contribution in [3.63, 3.8) is 0 Å². The number of carboxylic acid groups (broad SMARTS) is 2. The third-order valence-corrected chi connectivity index (χ3v) is 5.21. The summed E-state index contributed by atoms with van der Waals surface area (Å²) < 4.78 is 5.37. The number of aliphatic carboxylic acids is 2. The topological polar surface area (TPSA) is 101 Å². The van der Waals surface area contributed by atoms with Crippen LogP contribution in [-0.4, -0.2) is 34.2 Å². The maximum atomic E-state index is 12.1. The maximum Gasteiger partial charge on any atom is 0.332 e. The van der Waals surface area contributed by atoms with Crippen LogP contribution in [0.5, 0.6) is 0 Å². The lowest BCUT2D eigenvalue weighted by Gasteiger charge is -2.23. The van der Waals surface area contributed by atoms with Gasteiger partial charge in [0.25, 0.3) is 0 Å². The SMILES string of the molecule is O=C(CC(C(=O)O)C(=CC1CCCCC1)C(=O)O)OC1CCCCC1. The van der Waals surface area contributed by atoms with Crippen LogP contribution in [-0.2, 0) is 19.1 Å². The molecule has 2 rings (SSSR count). The molecule has 25 heavy (non-hydrogen) atoms. The van der Waals surface area contributed by atoms with Gasteiger partial charge in [0.2, 0.25) is 0 Å². The number of carboxylic acids is 2. The molecule has 2 saturated carbocycles. The molecular weight excluding hydrogens is 324 g/mol. The predicted octanol–water partition coefficient (Wildman–Crippen LogP) is 3.54. The zero-order valence-electron chi connectivity index (χ0n) is 14.6. The second-order valence-electron chi connectivity index (χ2n) is 7.17. The van der Waals surface area contributed by atoms with Gasteiger partial charge in [-0.05, 0) is 44.4 Å². The molecular formula is C19H28O6. The molecule has 0 aromatic carbocycles. The lowest BCUT2D eigenvalue weighted by molar-refractivity contribution is -0.156. The van der Waals surface area contributed by atoms with Crippen LogP contribution in [0.4, 0.5) is 0 Å². The van der Waals surface area contributed by atoms with Crippen LogP contribution in [0.2, 0.25) is 0 Å².